The zero-order valence-electron chi connectivity index (χ0n) is 15.1. The molecule has 1 fully saturated rings. The maximum absolute atomic E-state index is 10.3. The van der Waals surface area contributed by atoms with Crippen molar-refractivity contribution in [2.75, 3.05) is 19.3 Å². The first kappa shape index (κ1) is 19.1. The summed E-state index contributed by atoms with van der Waals surface area (Å²) < 4.78 is 0. The summed E-state index contributed by atoms with van der Waals surface area (Å²) in [7, 11) is 0. The minimum Gasteiger partial charge on any atom is -0.386 e. The highest BCUT2D eigenvalue weighted by Crippen LogP contribution is 2.26. The molecule has 0 radical (unpaired) electrons. The van der Waals surface area contributed by atoms with E-state index in [1.807, 2.05) is 43.0 Å². The topological polar surface area (TPSA) is 56.7 Å². The first-order valence-corrected chi connectivity index (χ1v) is 10.2. The Hall–Kier alpha value is -1.20. The van der Waals surface area contributed by atoms with E-state index in [9.17, 15) is 5.11 Å². The van der Waals surface area contributed by atoms with Crippen molar-refractivity contribution >= 4 is 17.7 Å². The normalized spacial score (nSPS) is 22.9. The van der Waals surface area contributed by atoms with Crippen LogP contribution >= 0.6 is 11.8 Å². The van der Waals surface area contributed by atoms with Gasteiger partial charge in [0.05, 0.1) is 12.6 Å². The molecule has 2 rings (SSSR count). The maximum Gasteiger partial charge on any atom is 0.191 e. The number of hydrogen-bond donors (Lipinski definition) is 3. The van der Waals surface area contributed by atoms with Gasteiger partial charge in [0, 0.05) is 17.8 Å². The van der Waals surface area contributed by atoms with Gasteiger partial charge >= 0.3 is 0 Å². The monoisotopic (exact) mass is 349 g/mol. The lowest BCUT2D eigenvalue weighted by Crippen LogP contribution is -2.45. The van der Waals surface area contributed by atoms with Crippen LogP contribution in [0.5, 0.6) is 0 Å². The number of rotatable bonds is 6. The Bertz CT molecular complexity index is 518. The van der Waals surface area contributed by atoms with E-state index in [1.165, 1.54) is 31.2 Å². The highest BCUT2D eigenvalue weighted by atomic mass is 32.2. The van der Waals surface area contributed by atoms with Crippen LogP contribution in [0.3, 0.4) is 0 Å². The Morgan fingerprint density at radius 3 is 2.75 bits per heavy atom. The molecule has 0 aromatic heterocycles. The fourth-order valence-corrected chi connectivity index (χ4v) is 3.90. The number of aliphatic hydroxyl groups excluding tert-OH is 1. The van der Waals surface area contributed by atoms with E-state index < -0.39 is 6.10 Å². The minimum absolute atomic E-state index is 0.372. The number of benzene rings is 1. The molecule has 0 spiro atoms. The molecule has 24 heavy (non-hydrogen) atoms. The lowest BCUT2D eigenvalue weighted by Gasteiger charge is -2.30. The van der Waals surface area contributed by atoms with Crippen molar-refractivity contribution in [1.82, 2.24) is 10.6 Å². The van der Waals surface area contributed by atoms with Gasteiger partial charge in [-0.05, 0) is 44.9 Å². The fourth-order valence-electron chi connectivity index (χ4n) is 3.08. The van der Waals surface area contributed by atoms with E-state index in [4.69, 9.17) is 0 Å². The third-order valence-corrected chi connectivity index (χ3v) is 5.62. The van der Waals surface area contributed by atoms with Crippen molar-refractivity contribution in [1.29, 1.82) is 0 Å². The zero-order chi connectivity index (χ0) is 17.4. The molecule has 4 nitrogen and oxygen atoms in total. The molecule has 0 saturated heterocycles. The lowest BCUT2D eigenvalue weighted by molar-refractivity contribution is 0.187. The number of nitrogens with zero attached hydrogens (tertiary/aromatic N) is 1. The van der Waals surface area contributed by atoms with Gasteiger partial charge in [-0.1, -0.05) is 36.2 Å². The molecule has 0 amide bonds. The summed E-state index contributed by atoms with van der Waals surface area (Å²) >= 11 is 1.97. The second-order valence-corrected chi connectivity index (χ2v) is 7.65. The molecule has 0 heterocycles. The number of aliphatic hydroxyl groups is 1. The van der Waals surface area contributed by atoms with Gasteiger partial charge < -0.3 is 15.7 Å². The summed E-state index contributed by atoms with van der Waals surface area (Å²) in [5.41, 5.74) is 2.12. The van der Waals surface area contributed by atoms with Crippen LogP contribution in [0, 0.1) is 6.92 Å². The van der Waals surface area contributed by atoms with E-state index in [-0.39, 0.29) is 0 Å². The van der Waals surface area contributed by atoms with Crippen molar-refractivity contribution < 1.29 is 5.11 Å². The van der Waals surface area contributed by atoms with Gasteiger partial charge in [-0.25, -0.2) is 0 Å². The van der Waals surface area contributed by atoms with Gasteiger partial charge in [-0.3, -0.25) is 4.99 Å². The molecule has 1 aromatic rings. The summed E-state index contributed by atoms with van der Waals surface area (Å²) in [5.74, 6) is 0.815. The van der Waals surface area contributed by atoms with Crippen molar-refractivity contribution in [3.05, 3.63) is 35.4 Å². The van der Waals surface area contributed by atoms with Crippen LogP contribution in [0.2, 0.25) is 0 Å². The standard InChI is InChI=1S/C19H31N3OS/c1-4-20-19(22-16-6-5-7-17(12-16)24-3)21-13-18(23)15-10-8-14(2)9-11-15/h8-11,16-18,23H,4-7,12-13H2,1-3H3,(H2,20,21,22). The molecule has 1 aromatic carbocycles. The quantitative estimate of drug-likeness (QED) is 0.545. The molecule has 1 saturated carbocycles. The molecular formula is C19H31N3OS. The van der Waals surface area contributed by atoms with Crippen LogP contribution in [0.15, 0.2) is 29.3 Å². The first-order valence-electron chi connectivity index (χ1n) is 8.94. The second-order valence-electron chi connectivity index (χ2n) is 6.51. The van der Waals surface area contributed by atoms with E-state index in [2.05, 4.69) is 28.8 Å². The Labute approximate surface area is 150 Å². The Morgan fingerprint density at radius 2 is 2.08 bits per heavy atom. The predicted octanol–water partition coefficient (Wildman–Crippen LogP) is 3.26. The van der Waals surface area contributed by atoms with Crippen LogP contribution < -0.4 is 10.6 Å². The van der Waals surface area contributed by atoms with Gasteiger partial charge in [0.25, 0.3) is 0 Å². The largest absolute Gasteiger partial charge is 0.386 e. The number of hydrogen-bond acceptors (Lipinski definition) is 3. The SMILES string of the molecule is CCNC(=NCC(O)c1ccc(C)cc1)NC1CCCC(SC)C1. The molecule has 0 bridgehead atoms. The van der Waals surface area contributed by atoms with E-state index in [0.29, 0.717) is 12.6 Å². The van der Waals surface area contributed by atoms with Crippen LogP contribution in [0.1, 0.15) is 49.8 Å². The molecule has 3 N–H and O–H groups in total. The van der Waals surface area contributed by atoms with Gasteiger partial charge in [-0.15, -0.1) is 0 Å². The van der Waals surface area contributed by atoms with Gasteiger partial charge in [-0.2, -0.15) is 11.8 Å². The lowest BCUT2D eigenvalue weighted by atomic mass is 9.95. The number of aliphatic imine (C=N–C) groups is 1. The van der Waals surface area contributed by atoms with E-state index in [1.54, 1.807) is 0 Å². The number of guanidine groups is 1. The highest BCUT2D eigenvalue weighted by Gasteiger charge is 2.22. The predicted molar refractivity (Wildman–Crippen MR) is 105 cm³/mol. The van der Waals surface area contributed by atoms with Gasteiger partial charge in [0.1, 0.15) is 0 Å². The average molecular weight is 350 g/mol. The number of aryl methyl sites for hydroxylation is 1. The second kappa shape index (κ2) is 9.94. The van der Waals surface area contributed by atoms with Gasteiger partial charge in [0.2, 0.25) is 0 Å². The van der Waals surface area contributed by atoms with Crippen molar-refractivity contribution in [3.63, 3.8) is 0 Å². The summed E-state index contributed by atoms with van der Waals surface area (Å²) in [5, 5.41) is 17.9. The van der Waals surface area contributed by atoms with Crippen LogP contribution in [-0.4, -0.2) is 41.7 Å². The Kier molecular flexibility index (Phi) is 7.92. The van der Waals surface area contributed by atoms with E-state index >= 15 is 0 Å². The Balaban J connectivity index is 1.93. The molecule has 1 aliphatic carbocycles. The summed E-state index contributed by atoms with van der Waals surface area (Å²) in [6.07, 6.45) is 6.61. The minimum atomic E-state index is -0.564. The number of thioether (sulfide) groups is 1. The zero-order valence-corrected chi connectivity index (χ0v) is 15.9. The van der Waals surface area contributed by atoms with Crippen molar-refractivity contribution in [3.8, 4) is 0 Å². The molecule has 5 heteroatoms. The molecule has 1 aliphatic rings. The highest BCUT2D eigenvalue weighted by molar-refractivity contribution is 7.99. The maximum atomic E-state index is 10.3. The molecular weight excluding hydrogens is 318 g/mol. The third kappa shape index (κ3) is 6.02. The van der Waals surface area contributed by atoms with Gasteiger partial charge in [0.15, 0.2) is 5.96 Å². The Morgan fingerprint density at radius 1 is 1.33 bits per heavy atom. The molecule has 134 valence electrons. The van der Waals surface area contributed by atoms with Crippen LogP contribution in [0.25, 0.3) is 0 Å². The van der Waals surface area contributed by atoms with E-state index in [0.717, 1.165) is 23.3 Å². The molecule has 0 aliphatic heterocycles. The van der Waals surface area contributed by atoms with Crippen molar-refractivity contribution in [2.45, 2.75) is 56.9 Å². The summed E-state index contributed by atoms with van der Waals surface area (Å²) in [6, 6.07) is 8.47. The summed E-state index contributed by atoms with van der Waals surface area (Å²) in [6.45, 7) is 5.31. The number of nitrogens with one attached hydrogen (secondary N) is 2. The fraction of sp³-hybridized carbons (Fsp3) is 0.632. The van der Waals surface area contributed by atoms with Crippen molar-refractivity contribution in [2.24, 2.45) is 4.99 Å². The molecule has 3 atom stereocenters. The average Bonchev–Trinajstić information content (AvgIpc) is 2.60. The van der Waals surface area contributed by atoms with Crippen LogP contribution in [-0.2, 0) is 0 Å². The van der Waals surface area contributed by atoms with Crippen LogP contribution in [0.4, 0.5) is 0 Å². The molecule has 3 unspecified atom stereocenters. The first-order chi connectivity index (χ1) is 11.6. The summed E-state index contributed by atoms with van der Waals surface area (Å²) in [4.78, 5) is 4.59. The third-order valence-electron chi connectivity index (χ3n) is 4.53. The smallest absolute Gasteiger partial charge is 0.191 e.